The average molecular weight is 251 g/mol. The molecule has 0 aliphatic rings. The lowest BCUT2D eigenvalue weighted by Gasteiger charge is -2.13. The molecule has 3 nitrogen and oxygen atoms in total. The highest BCUT2D eigenvalue weighted by molar-refractivity contribution is 7.89. The van der Waals surface area contributed by atoms with Crippen molar-refractivity contribution in [3.05, 3.63) is 29.3 Å². The second-order valence-electron chi connectivity index (χ2n) is 4.02. The standard InChI is InChI=1S/C13H17NO2S/c1-5-12(6-2)14-17(15,16)13-8-7-10(3)9-11(13)4/h1,7-9,12,14H,6H2,2-4H3. The molecule has 17 heavy (non-hydrogen) atoms. The Kier molecular flexibility index (Phi) is 4.33. The molecule has 0 radical (unpaired) electrons. The summed E-state index contributed by atoms with van der Waals surface area (Å²) in [5.74, 6) is 2.42. The van der Waals surface area contributed by atoms with Gasteiger partial charge < -0.3 is 0 Å². The lowest BCUT2D eigenvalue weighted by molar-refractivity contribution is 0.570. The zero-order valence-corrected chi connectivity index (χ0v) is 11.1. The lowest BCUT2D eigenvalue weighted by Crippen LogP contribution is -2.33. The van der Waals surface area contributed by atoms with Gasteiger partial charge in [0.05, 0.1) is 10.9 Å². The summed E-state index contributed by atoms with van der Waals surface area (Å²) in [4.78, 5) is 0.289. The first-order valence-electron chi connectivity index (χ1n) is 5.46. The van der Waals surface area contributed by atoms with Crippen molar-refractivity contribution in [1.29, 1.82) is 0 Å². The third-order valence-electron chi connectivity index (χ3n) is 2.53. The Bertz CT molecular complexity index is 541. The minimum absolute atomic E-state index is 0.289. The van der Waals surface area contributed by atoms with Gasteiger partial charge in [0.15, 0.2) is 0 Å². The van der Waals surface area contributed by atoms with Gasteiger partial charge in [-0.1, -0.05) is 30.5 Å². The zero-order valence-electron chi connectivity index (χ0n) is 10.3. The molecule has 0 spiro atoms. The smallest absolute Gasteiger partial charge is 0.207 e. The molecule has 1 N–H and O–H groups in total. The first-order valence-corrected chi connectivity index (χ1v) is 6.94. The Morgan fingerprint density at radius 2 is 2.06 bits per heavy atom. The Morgan fingerprint density at radius 3 is 2.53 bits per heavy atom. The maximum Gasteiger partial charge on any atom is 0.241 e. The van der Waals surface area contributed by atoms with E-state index in [2.05, 4.69) is 10.6 Å². The lowest BCUT2D eigenvalue weighted by atomic mass is 10.2. The number of nitrogens with one attached hydrogen (secondary N) is 1. The van der Waals surface area contributed by atoms with Crippen molar-refractivity contribution in [3.63, 3.8) is 0 Å². The summed E-state index contributed by atoms with van der Waals surface area (Å²) in [6, 6.07) is 4.76. The largest absolute Gasteiger partial charge is 0.241 e. The highest BCUT2D eigenvalue weighted by atomic mass is 32.2. The summed E-state index contributed by atoms with van der Waals surface area (Å²) < 4.78 is 26.7. The Balaban J connectivity index is 3.10. The number of hydrogen-bond donors (Lipinski definition) is 1. The summed E-state index contributed by atoms with van der Waals surface area (Å²) in [5.41, 5.74) is 1.76. The Morgan fingerprint density at radius 1 is 1.41 bits per heavy atom. The maximum atomic E-state index is 12.1. The molecule has 1 rings (SSSR count). The first-order chi connectivity index (χ1) is 7.90. The van der Waals surface area contributed by atoms with E-state index in [9.17, 15) is 8.42 Å². The third-order valence-corrected chi connectivity index (χ3v) is 4.16. The normalized spacial score (nSPS) is 13.1. The average Bonchev–Trinajstić information content (AvgIpc) is 2.25. The van der Waals surface area contributed by atoms with Gasteiger partial charge in [0.1, 0.15) is 0 Å². The van der Waals surface area contributed by atoms with Crippen molar-refractivity contribution in [2.45, 2.75) is 38.1 Å². The van der Waals surface area contributed by atoms with Crippen molar-refractivity contribution < 1.29 is 8.42 Å². The van der Waals surface area contributed by atoms with Crippen molar-refractivity contribution in [2.75, 3.05) is 0 Å². The van der Waals surface area contributed by atoms with Crippen molar-refractivity contribution in [1.82, 2.24) is 4.72 Å². The molecule has 0 saturated heterocycles. The van der Waals surface area contributed by atoms with Crippen LogP contribution < -0.4 is 4.72 Å². The van der Waals surface area contributed by atoms with Gasteiger partial charge in [-0.25, -0.2) is 8.42 Å². The maximum absolute atomic E-state index is 12.1. The molecule has 92 valence electrons. The van der Waals surface area contributed by atoms with Crippen LogP contribution >= 0.6 is 0 Å². The fourth-order valence-electron chi connectivity index (χ4n) is 1.59. The molecule has 0 amide bonds. The van der Waals surface area contributed by atoms with E-state index in [1.54, 1.807) is 19.1 Å². The van der Waals surface area contributed by atoms with E-state index in [-0.39, 0.29) is 4.90 Å². The Labute approximate surface area is 103 Å². The molecule has 0 aliphatic carbocycles. The van der Waals surface area contributed by atoms with Gasteiger partial charge >= 0.3 is 0 Å². The van der Waals surface area contributed by atoms with Crippen LogP contribution in [0.25, 0.3) is 0 Å². The van der Waals surface area contributed by atoms with Crippen LogP contribution in [0.4, 0.5) is 0 Å². The summed E-state index contributed by atoms with van der Waals surface area (Å²) in [6.07, 6.45) is 5.82. The van der Waals surface area contributed by atoms with Crippen LogP contribution in [0.5, 0.6) is 0 Å². The summed E-state index contributed by atoms with van der Waals surface area (Å²) in [5, 5.41) is 0. The third kappa shape index (κ3) is 3.32. The molecular formula is C13H17NO2S. The molecule has 1 atom stereocenters. The molecule has 0 saturated carbocycles. The van der Waals surface area contributed by atoms with Gasteiger partial charge in [0.2, 0.25) is 10.0 Å². The molecular weight excluding hydrogens is 234 g/mol. The van der Waals surface area contributed by atoms with Crippen LogP contribution in [0.15, 0.2) is 23.1 Å². The molecule has 1 aromatic carbocycles. The van der Waals surface area contributed by atoms with Gasteiger partial charge in [-0.05, 0) is 31.9 Å². The van der Waals surface area contributed by atoms with E-state index in [0.29, 0.717) is 6.42 Å². The second-order valence-corrected chi connectivity index (χ2v) is 5.70. The monoisotopic (exact) mass is 251 g/mol. The van der Waals surface area contributed by atoms with Crippen LogP contribution in [0.2, 0.25) is 0 Å². The van der Waals surface area contributed by atoms with E-state index in [4.69, 9.17) is 6.42 Å². The number of rotatable bonds is 4. The molecule has 1 aromatic rings. The fourth-order valence-corrected chi connectivity index (χ4v) is 3.05. The van der Waals surface area contributed by atoms with Crippen molar-refractivity contribution in [2.24, 2.45) is 0 Å². The molecule has 1 unspecified atom stereocenters. The fraction of sp³-hybridized carbons (Fsp3) is 0.385. The number of aryl methyl sites for hydroxylation is 2. The van der Waals surface area contributed by atoms with Crippen molar-refractivity contribution >= 4 is 10.0 Å². The minimum Gasteiger partial charge on any atom is -0.207 e. The number of hydrogen-bond acceptors (Lipinski definition) is 2. The van der Waals surface area contributed by atoms with Crippen LogP contribution in [-0.2, 0) is 10.0 Å². The molecule has 0 aliphatic heterocycles. The number of terminal acetylenes is 1. The van der Waals surface area contributed by atoms with Gasteiger partial charge in [0, 0.05) is 0 Å². The predicted molar refractivity (Wildman–Crippen MR) is 69.1 cm³/mol. The molecule has 0 aromatic heterocycles. The first kappa shape index (κ1) is 13.8. The van der Waals surface area contributed by atoms with Crippen molar-refractivity contribution in [3.8, 4) is 12.3 Å². The van der Waals surface area contributed by atoms with E-state index in [1.807, 2.05) is 19.9 Å². The predicted octanol–water partition coefficient (Wildman–Crippen LogP) is 1.99. The minimum atomic E-state index is -3.52. The molecule has 0 heterocycles. The zero-order chi connectivity index (χ0) is 13.1. The second kappa shape index (κ2) is 5.35. The van der Waals surface area contributed by atoms with E-state index >= 15 is 0 Å². The highest BCUT2D eigenvalue weighted by Crippen LogP contribution is 2.16. The molecule has 0 fully saturated rings. The molecule has 0 bridgehead atoms. The Hall–Kier alpha value is -1.31. The van der Waals surface area contributed by atoms with E-state index in [1.165, 1.54) is 0 Å². The van der Waals surface area contributed by atoms with E-state index in [0.717, 1.165) is 11.1 Å². The van der Waals surface area contributed by atoms with Crippen LogP contribution in [0.1, 0.15) is 24.5 Å². The summed E-state index contributed by atoms with van der Waals surface area (Å²) >= 11 is 0. The number of benzene rings is 1. The van der Waals surface area contributed by atoms with Gasteiger partial charge in [-0.2, -0.15) is 4.72 Å². The van der Waals surface area contributed by atoms with Gasteiger partial charge in [0.25, 0.3) is 0 Å². The quantitative estimate of drug-likeness (QED) is 0.832. The van der Waals surface area contributed by atoms with Gasteiger partial charge in [-0.3, -0.25) is 0 Å². The summed E-state index contributed by atoms with van der Waals surface area (Å²) in [6.45, 7) is 5.54. The van der Waals surface area contributed by atoms with Crippen LogP contribution in [0, 0.1) is 26.2 Å². The van der Waals surface area contributed by atoms with Crippen LogP contribution in [0.3, 0.4) is 0 Å². The molecule has 4 heteroatoms. The highest BCUT2D eigenvalue weighted by Gasteiger charge is 2.19. The number of sulfonamides is 1. The SMILES string of the molecule is C#CC(CC)NS(=O)(=O)c1ccc(C)cc1C. The topological polar surface area (TPSA) is 46.2 Å². The van der Waals surface area contributed by atoms with Gasteiger partial charge in [-0.15, -0.1) is 6.42 Å². The summed E-state index contributed by atoms with van der Waals surface area (Å²) in [7, 11) is -3.52. The van der Waals surface area contributed by atoms with Crippen LogP contribution in [-0.4, -0.2) is 14.5 Å². The van der Waals surface area contributed by atoms with E-state index < -0.39 is 16.1 Å².